The van der Waals surface area contributed by atoms with E-state index in [0.717, 1.165) is 10.6 Å². The molecule has 0 saturated carbocycles. The van der Waals surface area contributed by atoms with E-state index in [1.54, 1.807) is 0 Å². The topological polar surface area (TPSA) is 67.9 Å². The molecule has 1 aliphatic heterocycles. The van der Waals surface area contributed by atoms with E-state index in [4.69, 9.17) is 9.47 Å². The Balaban J connectivity index is 1.84. The fourth-order valence-electron chi connectivity index (χ4n) is 2.96. The summed E-state index contributed by atoms with van der Waals surface area (Å²) in [5.41, 5.74) is 1.41. The van der Waals surface area contributed by atoms with E-state index in [1.807, 2.05) is 69.5 Å². The maximum atomic E-state index is 13.0. The van der Waals surface area contributed by atoms with Crippen LogP contribution in [0.15, 0.2) is 47.5 Å². The third-order valence-corrected chi connectivity index (χ3v) is 5.08. The molecule has 6 nitrogen and oxygen atoms in total. The molecule has 2 amide bonds. The minimum absolute atomic E-state index is 0.0386. The van der Waals surface area contributed by atoms with Gasteiger partial charge in [-0.2, -0.15) is 0 Å². The van der Waals surface area contributed by atoms with E-state index in [-0.39, 0.29) is 30.6 Å². The normalized spacial score (nSPS) is 14.5. The molecule has 29 heavy (non-hydrogen) atoms. The van der Waals surface area contributed by atoms with Gasteiger partial charge in [-0.25, -0.2) is 0 Å². The molecule has 0 radical (unpaired) electrons. The zero-order valence-electron chi connectivity index (χ0n) is 17.1. The molecule has 0 aliphatic carbocycles. The molecule has 1 aromatic heterocycles. The number of benzene rings is 1. The van der Waals surface area contributed by atoms with Gasteiger partial charge in [0.2, 0.25) is 0 Å². The summed E-state index contributed by atoms with van der Waals surface area (Å²) in [5, 5.41) is 5.04. The van der Waals surface area contributed by atoms with Crippen molar-refractivity contribution < 1.29 is 19.1 Å². The number of hydrogen-bond donors (Lipinski definition) is 1. The summed E-state index contributed by atoms with van der Waals surface area (Å²) in [4.78, 5) is 28.0. The van der Waals surface area contributed by atoms with Gasteiger partial charge >= 0.3 is 0 Å². The van der Waals surface area contributed by atoms with Crippen molar-refractivity contribution in [1.82, 2.24) is 4.90 Å². The molecule has 0 atom stereocenters. The third-order valence-electron chi connectivity index (χ3n) is 4.20. The SMILES string of the molecule is CC(C)OCCN1C(=O)C(Nc2ccc(OC(C)C)cc2)=C(c2cccs2)C1=O. The molecule has 3 rings (SSSR count). The van der Waals surface area contributed by atoms with Crippen molar-refractivity contribution in [3.8, 4) is 5.75 Å². The number of nitrogens with zero attached hydrogens (tertiary/aromatic N) is 1. The van der Waals surface area contributed by atoms with E-state index in [2.05, 4.69) is 5.32 Å². The minimum atomic E-state index is -0.340. The van der Waals surface area contributed by atoms with Crippen LogP contribution >= 0.6 is 11.3 Å². The van der Waals surface area contributed by atoms with Crippen LogP contribution in [0, 0.1) is 0 Å². The standard InChI is InChI=1S/C22H26N2O4S/c1-14(2)27-12-11-24-21(25)19(18-6-5-13-29-18)20(22(24)26)23-16-7-9-17(10-8-16)28-15(3)4/h5-10,13-15,23H,11-12H2,1-4H3. The smallest absolute Gasteiger partial charge is 0.278 e. The highest BCUT2D eigenvalue weighted by Gasteiger charge is 2.39. The van der Waals surface area contributed by atoms with Crippen molar-refractivity contribution >= 4 is 34.4 Å². The first-order valence-corrected chi connectivity index (χ1v) is 10.5. The maximum Gasteiger partial charge on any atom is 0.278 e. The van der Waals surface area contributed by atoms with E-state index in [9.17, 15) is 9.59 Å². The summed E-state index contributed by atoms with van der Waals surface area (Å²) in [6.45, 7) is 8.29. The first-order chi connectivity index (χ1) is 13.9. The Bertz CT molecular complexity index is 886. The largest absolute Gasteiger partial charge is 0.491 e. The Morgan fingerprint density at radius 2 is 1.72 bits per heavy atom. The highest BCUT2D eigenvalue weighted by Crippen LogP contribution is 2.33. The number of anilines is 1. The summed E-state index contributed by atoms with van der Waals surface area (Å²) < 4.78 is 11.2. The number of nitrogens with one attached hydrogen (secondary N) is 1. The number of thiophene rings is 1. The maximum absolute atomic E-state index is 13.0. The average molecular weight is 415 g/mol. The van der Waals surface area contributed by atoms with E-state index in [1.165, 1.54) is 16.2 Å². The summed E-state index contributed by atoms with van der Waals surface area (Å²) in [7, 11) is 0. The molecule has 0 spiro atoms. The molecular weight excluding hydrogens is 388 g/mol. The predicted octanol–water partition coefficient (Wildman–Crippen LogP) is 4.15. The number of imide groups is 1. The lowest BCUT2D eigenvalue weighted by atomic mass is 10.2. The number of rotatable bonds is 9. The first kappa shape index (κ1) is 21.1. The Morgan fingerprint density at radius 3 is 2.31 bits per heavy atom. The third kappa shape index (κ3) is 5.05. The van der Waals surface area contributed by atoms with Crippen LogP contribution in [0.3, 0.4) is 0 Å². The predicted molar refractivity (Wildman–Crippen MR) is 115 cm³/mol. The van der Waals surface area contributed by atoms with Crippen LogP contribution in [0.2, 0.25) is 0 Å². The van der Waals surface area contributed by atoms with Crippen LogP contribution in [-0.4, -0.2) is 42.1 Å². The number of carbonyl (C=O) groups excluding carboxylic acids is 2. The van der Waals surface area contributed by atoms with Gasteiger partial charge in [0.1, 0.15) is 11.4 Å². The van der Waals surface area contributed by atoms with Crippen molar-refractivity contribution in [3.63, 3.8) is 0 Å². The Hall–Kier alpha value is -2.64. The van der Waals surface area contributed by atoms with Crippen molar-refractivity contribution in [3.05, 3.63) is 52.4 Å². The molecule has 1 aliphatic rings. The van der Waals surface area contributed by atoms with E-state index >= 15 is 0 Å². The van der Waals surface area contributed by atoms with Crippen molar-refractivity contribution in [2.75, 3.05) is 18.5 Å². The molecule has 1 N–H and O–H groups in total. The summed E-state index contributed by atoms with van der Waals surface area (Å²) in [6.07, 6.45) is 0.120. The molecule has 1 aromatic carbocycles. The second kappa shape index (κ2) is 9.24. The molecule has 0 bridgehead atoms. The highest BCUT2D eigenvalue weighted by atomic mass is 32.1. The van der Waals surface area contributed by atoms with Crippen molar-refractivity contribution in [2.24, 2.45) is 0 Å². The van der Waals surface area contributed by atoms with Gasteiger partial charge in [-0.05, 0) is 63.4 Å². The van der Waals surface area contributed by atoms with Crippen LogP contribution in [0.1, 0.15) is 32.6 Å². The lowest BCUT2D eigenvalue weighted by Crippen LogP contribution is -2.35. The zero-order chi connectivity index (χ0) is 21.0. The van der Waals surface area contributed by atoms with Gasteiger partial charge in [0, 0.05) is 10.6 Å². The van der Waals surface area contributed by atoms with Crippen LogP contribution in [0.4, 0.5) is 5.69 Å². The highest BCUT2D eigenvalue weighted by molar-refractivity contribution is 7.11. The second-order valence-corrected chi connectivity index (χ2v) is 8.17. The number of ether oxygens (including phenoxy) is 2. The van der Waals surface area contributed by atoms with E-state index in [0.29, 0.717) is 23.6 Å². The monoisotopic (exact) mass is 414 g/mol. The van der Waals surface area contributed by atoms with Gasteiger partial charge in [0.15, 0.2) is 0 Å². The van der Waals surface area contributed by atoms with Crippen LogP contribution < -0.4 is 10.1 Å². The Kier molecular flexibility index (Phi) is 6.71. The molecule has 2 heterocycles. The van der Waals surface area contributed by atoms with Gasteiger partial charge in [-0.3, -0.25) is 14.5 Å². The summed E-state index contributed by atoms with van der Waals surface area (Å²) in [6, 6.07) is 11.1. The average Bonchev–Trinajstić information content (AvgIpc) is 3.25. The van der Waals surface area contributed by atoms with Crippen LogP contribution in [-0.2, 0) is 14.3 Å². The summed E-state index contributed by atoms with van der Waals surface area (Å²) in [5.74, 6) is 0.111. The fraction of sp³-hybridized carbons (Fsp3) is 0.364. The molecule has 7 heteroatoms. The molecule has 0 saturated heterocycles. The second-order valence-electron chi connectivity index (χ2n) is 7.22. The molecule has 154 valence electrons. The van der Waals surface area contributed by atoms with Gasteiger partial charge in [-0.15, -0.1) is 11.3 Å². The molecule has 0 fully saturated rings. The fourth-order valence-corrected chi connectivity index (χ4v) is 3.73. The minimum Gasteiger partial charge on any atom is -0.491 e. The Labute approximate surface area is 175 Å². The van der Waals surface area contributed by atoms with Gasteiger partial charge < -0.3 is 14.8 Å². The van der Waals surface area contributed by atoms with Gasteiger partial charge in [0.25, 0.3) is 11.8 Å². The lowest BCUT2D eigenvalue weighted by molar-refractivity contribution is -0.137. The van der Waals surface area contributed by atoms with Crippen molar-refractivity contribution in [2.45, 2.75) is 39.9 Å². The molecule has 0 unspecified atom stereocenters. The van der Waals surface area contributed by atoms with Gasteiger partial charge in [-0.1, -0.05) is 6.07 Å². The number of amides is 2. The van der Waals surface area contributed by atoms with Crippen LogP contribution in [0.25, 0.3) is 5.57 Å². The van der Waals surface area contributed by atoms with Crippen molar-refractivity contribution in [1.29, 1.82) is 0 Å². The first-order valence-electron chi connectivity index (χ1n) is 9.66. The zero-order valence-corrected chi connectivity index (χ0v) is 17.9. The van der Waals surface area contributed by atoms with E-state index < -0.39 is 0 Å². The number of carbonyl (C=O) groups is 2. The lowest BCUT2D eigenvalue weighted by Gasteiger charge is -2.16. The molecular formula is C22H26N2O4S. The number of hydrogen-bond acceptors (Lipinski definition) is 6. The Morgan fingerprint density at radius 1 is 1.00 bits per heavy atom. The molecule has 2 aromatic rings. The quantitative estimate of drug-likeness (QED) is 0.624. The van der Waals surface area contributed by atoms with Crippen LogP contribution in [0.5, 0.6) is 5.75 Å². The summed E-state index contributed by atoms with van der Waals surface area (Å²) >= 11 is 1.43. The van der Waals surface area contributed by atoms with Gasteiger partial charge in [0.05, 0.1) is 30.9 Å².